The molecule has 2 aromatic rings. The van der Waals surface area contributed by atoms with E-state index in [0.29, 0.717) is 22.3 Å². The highest BCUT2D eigenvalue weighted by Gasteiger charge is 2.09. The molecule has 1 unspecified atom stereocenters. The lowest BCUT2D eigenvalue weighted by Gasteiger charge is -2.16. The van der Waals surface area contributed by atoms with Crippen LogP contribution >= 0.6 is 23.2 Å². The first-order valence-electron chi connectivity index (χ1n) is 6.62. The van der Waals surface area contributed by atoms with Gasteiger partial charge in [-0.3, -0.25) is 0 Å². The topological polar surface area (TPSA) is 41.5 Å². The zero-order chi connectivity index (χ0) is 15.2. The molecule has 0 bridgehead atoms. The summed E-state index contributed by atoms with van der Waals surface area (Å²) in [6, 6.07) is 12.9. The van der Waals surface area contributed by atoms with E-state index in [1.54, 1.807) is 18.2 Å². The summed E-state index contributed by atoms with van der Waals surface area (Å²) in [7, 11) is 0. The number of aliphatic hydroxyl groups excluding tert-OH is 1. The Bertz CT molecular complexity index is 584. The van der Waals surface area contributed by atoms with Crippen molar-refractivity contribution in [3.8, 4) is 5.75 Å². The zero-order valence-corrected chi connectivity index (χ0v) is 13.2. The standard InChI is InChI=1S/C16H17Cl2NO2/c1-11-5-2-3-8-15(11)21-10-12(20)9-19-16-13(17)6-4-7-14(16)18/h2-8,12,19-20H,9-10H2,1H3. The van der Waals surface area contributed by atoms with Gasteiger partial charge in [0.05, 0.1) is 15.7 Å². The van der Waals surface area contributed by atoms with E-state index in [1.807, 2.05) is 31.2 Å². The summed E-state index contributed by atoms with van der Waals surface area (Å²) in [5, 5.41) is 14.1. The molecule has 2 aromatic carbocycles. The van der Waals surface area contributed by atoms with Gasteiger partial charge in [-0.1, -0.05) is 47.5 Å². The molecule has 5 heteroatoms. The number of ether oxygens (including phenoxy) is 1. The molecule has 0 spiro atoms. The molecule has 0 amide bonds. The minimum atomic E-state index is -0.669. The highest BCUT2D eigenvalue weighted by Crippen LogP contribution is 2.29. The normalized spacial score (nSPS) is 12.0. The van der Waals surface area contributed by atoms with Crippen LogP contribution in [0.1, 0.15) is 5.56 Å². The van der Waals surface area contributed by atoms with Gasteiger partial charge in [0.15, 0.2) is 0 Å². The Balaban J connectivity index is 1.85. The summed E-state index contributed by atoms with van der Waals surface area (Å²) >= 11 is 12.1. The number of benzene rings is 2. The van der Waals surface area contributed by atoms with Crippen LogP contribution < -0.4 is 10.1 Å². The average Bonchev–Trinajstić information content (AvgIpc) is 2.46. The van der Waals surface area contributed by atoms with Gasteiger partial charge in [-0.15, -0.1) is 0 Å². The van der Waals surface area contributed by atoms with Crippen LogP contribution in [0.4, 0.5) is 5.69 Å². The van der Waals surface area contributed by atoms with Gasteiger partial charge in [0.2, 0.25) is 0 Å². The maximum Gasteiger partial charge on any atom is 0.122 e. The summed E-state index contributed by atoms with van der Waals surface area (Å²) in [4.78, 5) is 0. The Morgan fingerprint density at radius 1 is 1.10 bits per heavy atom. The fourth-order valence-electron chi connectivity index (χ4n) is 1.85. The Kier molecular flexibility index (Phi) is 5.74. The van der Waals surface area contributed by atoms with E-state index < -0.39 is 6.10 Å². The predicted molar refractivity (Wildman–Crippen MR) is 87.6 cm³/mol. The summed E-state index contributed by atoms with van der Waals surface area (Å²) in [5.41, 5.74) is 1.66. The molecule has 0 aliphatic heterocycles. The Morgan fingerprint density at radius 2 is 1.76 bits per heavy atom. The molecule has 3 nitrogen and oxygen atoms in total. The van der Waals surface area contributed by atoms with Gasteiger partial charge in [0.25, 0.3) is 0 Å². The van der Waals surface area contributed by atoms with Crippen molar-refractivity contribution in [2.75, 3.05) is 18.5 Å². The van der Waals surface area contributed by atoms with E-state index in [4.69, 9.17) is 27.9 Å². The monoisotopic (exact) mass is 325 g/mol. The van der Waals surface area contributed by atoms with Crippen LogP contribution in [0.3, 0.4) is 0 Å². The lowest BCUT2D eigenvalue weighted by atomic mass is 10.2. The van der Waals surface area contributed by atoms with E-state index in [9.17, 15) is 5.11 Å². The minimum absolute atomic E-state index is 0.194. The van der Waals surface area contributed by atoms with Gasteiger partial charge in [-0.25, -0.2) is 0 Å². The molecular formula is C16H17Cl2NO2. The lowest BCUT2D eigenvalue weighted by Crippen LogP contribution is -2.26. The van der Waals surface area contributed by atoms with Crippen molar-refractivity contribution in [2.45, 2.75) is 13.0 Å². The highest BCUT2D eigenvalue weighted by atomic mass is 35.5. The maximum absolute atomic E-state index is 9.97. The number of anilines is 1. The van der Waals surface area contributed by atoms with Crippen LogP contribution in [0.25, 0.3) is 0 Å². The van der Waals surface area contributed by atoms with E-state index in [0.717, 1.165) is 11.3 Å². The van der Waals surface area contributed by atoms with E-state index in [-0.39, 0.29) is 6.61 Å². The van der Waals surface area contributed by atoms with Crippen LogP contribution in [0.2, 0.25) is 10.0 Å². The Hall–Kier alpha value is -1.42. The smallest absolute Gasteiger partial charge is 0.122 e. The Labute approximate surface area is 134 Å². The van der Waals surface area contributed by atoms with E-state index in [2.05, 4.69) is 5.32 Å². The van der Waals surface area contributed by atoms with Crippen LogP contribution in [0.15, 0.2) is 42.5 Å². The van der Waals surface area contributed by atoms with E-state index >= 15 is 0 Å². The average molecular weight is 326 g/mol. The largest absolute Gasteiger partial charge is 0.491 e. The van der Waals surface area contributed by atoms with Gasteiger partial charge in [0.1, 0.15) is 18.5 Å². The molecule has 1 atom stereocenters. The number of aryl methyl sites for hydroxylation is 1. The first kappa shape index (κ1) is 16.0. The molecule has 0 radical (unpaired) electrons. The van der Waals surface area contributed by atoms with Crippen molar-refractivity contribution in [2.24, 2.45) is 0 Å². The first-order chi connectivity index (χ1) is 10.1. The summed E-state index contributed by atoms with van der Waals surface area (Å²) in [5.74, 6) is 0.771. The van der Waals surface area contributed by atoms with Crippen LogP contribution in [0, 0.1) is 6.92 Å². The molecule has 0 heterocycles. The van der Waals surface area contributed by atoms with Crippen molar-refractivity contribution in [1.29, 1.82) is 0 Å². The molecule has 0 aromatic heterocycles. The number of halogens is 2. The third kappa shape index (κ3) is 4.53. The second-order valence-corrected chi connectivity index (χ2v) is 5.52. The number of hydrogen-bond acceptors (Lipinski definition) is 3. The van der Waals surface area contributed by atoms with Crippen molar-refractivity contribution >= 4 is 28.9 Å². The van der Waals surface area contributed by atoms with Gasteiger partial charge in [-0.05, 0) is 30.7 Å². The van der Waals surface area contributed by atoms with Gasteiger partial charge in [-0.2, -0.15) is 0 Å². The molecule has 0 saturated heterocycles. The predicted octanol–water partition coefficient (Wildman–Crippen LogP) is 4.15. The third-order valence-corrected chi connectivity index (χ3v) is 3.63. The van der Waals surface area contributed by atoms with Crippen molar-refractivity contribution in [1.82, 2.24) is 0 Å². The second-order valence-electron chi connectivity index (χ2n) is 4.71. The molecule has 2 rings (SSSR count). The first-order valence-corrected chi connectivity index (χ1v) is 7.38. The van der Waals surface area contributed by atoms with Crippen LogP contribution in [-0.2, 0) is 0 Å². The van der Waals surface area contributed by atoms with Crippen molar-refractivity contribution in [3.63, 3.8) is 0 Å². The quantitative estimate of drug-likeness (QED) is 0.838. The highest BCUT2D eigenvalue weighted by molar-refractivity contribution is 6.39. The number of hydrogen-bond donors (Lipinski definition) is 2. The van der Waals surface area contributed by atoms with Crippen LogP contribution in [-0.4, -0.2) is 24.4 Å². The van der Waals surface area contributed by atoms with Crippen molar-refractivity contribution < 1.29 is 9.84 Å². The third-order valence-electron chi connectivity index (χ3n) is 3.00. The molecule has 0 aliphatic carbocycles. The summed E-state index contributed by atoms with van der Waals surface area (Å²) in [6.45, 7) is 2.46. The summed E-state index contributed by atoms with van der Waals surface area (Å²) in [6.07, 6.45) is -0.669. The fraction of sp³-hybridized carbons (Fsp3) is 0.250. The molecule has 0 saturated carbocycles. The van der Waals surface area contributed by atoms with Crippen LogP contribution in [0.5, 0.6) is 5.75 Å². The SMILES string of the molecule is Cc1ccccc1OCC(O)CNc1c(Cl)cccc1Cl. The minimum Gasteiger partial charge on any atom is -0.491 e. The molecule has 0 aliphatic rings. The van der Waals surface area contributed by atoms with Gasteiger partial charge in [0, 0.05) is 6.54 Å². The fourth-order valence-corrected chi connectivity index (χ4v) is 2.38. The maximum atomic E-state index is 9.97. The molecule has 2 N–H and O–H groups in total. The molecule has 0 fully saturated rings. The number of rotatable bonds is 6. The molecule has 112 valence electrons. The lowest BCUT2D eigenvalue weighted by molar-refractivity contribution is 0.117. The molecule has 21 heavy (non-hydrogen) atoms. The zero-order valence-electron chi connectivity index (χ0n) is 11.6. The van der Waals surface area contributed by atoms with Gasteiger partial charge >= 0.3 is 0 Å². The van der Waals surface area contributed by atoms with E-state index in [1.165, 1.54) is 0 Å². The number of para-hydroxylation sites is 2. The Morgan fingerprint density at radius 3 is 2.43 bits per heavy atom. The number of aliphatic hydroxyl groups is 1. The number of nitrogens with one attached hydrogen (secondary N) is 1. The second kappa shape index (κ2) is 7.55. The van der Waals surface area contributed by atoms with Gasteiger partial charge < -0.3 is 15.2 Å². The van der Waals surface area contributed by atoms with Crippen molar-refractivity contribution in [3.05, 3.63) is 58.1 Å². The molecular weight excluding hydrogens is 309 g/mol. The summed E-state index contributed by atoms with van der Waals surface area (Å²) < 4.78 is 5.59.